The summed E-state index contributed by atoms with van der Waals surface area (Å²) in [7, 11) is 0. The first-order chi connectivity index (χ1) is 44.9. The van der Waals surface area contributed by atoms with Crippen molar-refractivity contribution in [3.05, 3.63) is 220 Å². The number of hydrogen-bond acceptors (Lipinski definition) is 0. The highest BCUT2D eigenvalue weighted by Gasteiger charge is 2.37. The van der Waals surface area contributed by atoms with Crippen LogP contribution in [0.15, 0.2) is 187 Å². The van der Waals surface area contributed by atoms with Gasteiger partial charge in [0.25, 0.3) is 0 Å². The lowest BCUT2D eigenvalue weighted by Crippen LogP contribution is -2.21. The summed E-state index contributed by atoms with van der Waals surface area (Å²) in [6, 6.07) is -34.0. The van der Waals surface area contributed by atoms with Crippen molar-refractivity contribution in [2.75, 3.05) is 0 Å². The number of hydrogen-bond donors (Lipinski definition) is 0. The van der Waals surface area contributed by atoms with Crippen molar-refractivity contribution in [2.24, 2.45) is 5.92 Å². The molecule has 2 atom stereocenters. The molecule has 0 saturated heterocycles. The Hall–Kier alpha value is -7.02. The van der Waals surface area contributed by atoms with E-state index in [4.69, 9.17) is 17.8 Å². The summed E-state index contributed by atoms with van der Waals surface area (Å²) in [6.45, 7) is -8.36. The summed E-state index contributed by atoms with van der Waals surface area (Å²) in [5.74, 6) is -3.61. The van der Waals surface area contributed by atoms with Gasteiger partial charge in [0, 0.05) is 25.5 Å². The van der Waals surface area contributed by atoms with Gasteiger partial charge in [-0.1, -0.05) is 177 Å². The number of allylic oxidation sites excluding steroid dienone is 6. The molecule has 13 rings (SSSR count). The van der Waals surface area contributed by atoms with Crippen LogP contribution in [0.1, 0.15) is 105 Å². The molecule has 0 spiro atoms. The molecule has 0 heterocycles. The third kappa shape index (κ3) is 4.72. The predicted octanol–water partition coefficient (Wildman–Crippen LogP) is 15.7. The Balaban J connectivity index is 1.28. The van der Waals surface area contributed by atoms with Crippen molar-refractivity contribution >= 4 is 50.0 Å². The molecule has 0 heteroatoms. The van der Waals surface area contributed by atoms with Crippen LogP contribution in [0.5, 0.6) is 0 Å². The number of rotatable bonds is 4. The fourth-order valence-corrected chi connectivity index (χ4v) is 8.19. The van der Waals surface area contributed by atoms with E-state index in [1.165, 1.54) is 0 Å². The zero-order valence-corrected chi connectivity index (χ0v) is 29.7. The Kier molecular flexibility index (Phi) is 2.64. The van der Waals surface area contributed by atoms with Gasteiger partial charge in [-0.3, -0.25) is 0 Å². The van der Waals surface area contributed by atoms with Crippen molar-refractivity contribution in [1.29, 1.82) is 0 Å². The second-order valence-electron chi connectivity index (χ2n) is 14.1. The summed E-state index contributed by atoms with van der Waals surface area (Å²) in [6.07, 6.45) is 0. The quantitative estimate of drug-likeness (QED) is 0.156. The maximum Gasteiger partial charge on any atom is 0.0636 e. The molecular formula is C59H40. The zero-order valence-electron chi connectivity index (χ0n) is 67.7. The third-order valence-corrected chi connectivity index (χ3v) is 10.9. The average molecular weight is 787 g/mol. The van der Waals surface area contributed by atoms with Crippen LogP contribution in [0.4, 0.5) is 0 Å². The lowest BCUT2D eigenvalue weighted by atomic mass is 9.67. The minimum Gasteiger partial charge on any atom is -0.0761 e. The molecule has 2 unspecified atom stereocenters. The van der Waals surface area contributed by atoms with Crippen LogP contribution < -0.4 is 0 Å². The van der Waals surface area contributed by atoms with Crippen molar-refractivity contribution in [3.8, 4) is 44.5 Å². The van der Waals surface area contributed by atoms with Crippen molar-refractivity contribution in [2.45, 2.75) is 25.0 Å². The van der Waals surface area contributed by atoms with E-state index in [0.29, 0.717) is 0 Å². The lowest BCUT2D eigenvalue weighted by molar-refractivity contribution is 0.661. The van der Waals surface area contributed by atoms with E-state index in [-0.39, 0.29) is 5.56 Å². The second kappa shape index (κ2) is 12.0. The summed E-state index contributed by atoms with van der Waals surface area (Å²) < 4.78 is 356. The van der Waals surface area contributed by atoms with Crippen LogP contribution in [0.3, 0.4) is 0 Å². The predicted molar refractivity (Wildman–Crippen MR) is 251 cm³/mol. The maximum absolute atomic E-state index is 10.4. The fraction of sp³-hybridized carbons (Fsp3) is 0.0847. The van der Waals surface area contributed by atoms with Crippen LogP contribution in [0.25, 0.3) is 94.5 Å². The van der Waals surface area contributed by atoms with Crippen molar-refractivity contribution < 1.29 is 52.1 Å². The number of benzene rings is 9. The van der Waals surface area contributed by atoms with E-state index < -0.39 is 340 Å². The molecular weight excluding hydrogens is 709 g/mol. The molecule has 0 radical (unpaired) electrons. The molecule has 0 aliphatic heterocycles. The van der Waals surface area contributed by atoms with Crippen LogP contribution in [-0.4, -0.2) is 0 Å². The smallest absolute Gasteiger partial charge is 0.0636 e. The van der Waals surface area contributed by atoms with Crippen LogP contribution in [-0.2, 0) is 5.41 Å². The molecule has 0 aromatic heterocycles. The first kappa shape index (κ1) is 13.0. The van der Waals surface area contributed by atoms with Gasteiger partial charge in [-0.05, 0) is 152 Å². The van der Waals surface area contributed by atoms with Gasteiger partial charge >= 0.3 is 0 Å². The van der Waals surface area contributed by atoms with Crippen LogP contribution >= 0.6 is 0 Å². The van der Waals surface area contributed by atoms with Gasteiger partial charge in [0.2, 0.25) is 0 Å². The van der Waals surface area contributed by atoms with Gasteiger partial charge in [0.05, 0.1) is 43.9 Å². The highest BCUT2D eigenvalue weighted by molar-refractivity contribution is 6.25. The topological polar surface area (TPSA) is 0 Å². The Bertz CT molecular complexity index is 5430. The van der Waals surface area contributed by atoms with Crippen LogP contribution in [0, 0.1) is 5.92 Å². The lowest BCUT2D eigenvalue weighted by Gasteiger charge is -2.37. The largest absolute Gasteiger partial charge is 0.0761 e. The van der Waals surface area contributed by atoms with Crippen molar-refractivity contribution in [3.63, 3.8) is 0 Å². The summed E-state index contributed by atoms with van der Waals surface area (Å²) in [5.41, 5.74) is -19.6. The molecule has 0 saturated carbocycles. The minimum atomic E-state index is -4.18. The van der Waals surface area contributed by atoms with Gasteiger partial charge in [-0.15, -0.1) is 0 Å². The summed E-state index contributed by atoms with van der Waals surface area (Å²) >= 11 is 0. The SMILES string of the molecule is [2H]C1=C([2H])c2c([2H])c([2H])c([2H])c3c2C2C1=C(c1c([2H])c(-c4c([2H])c([2H])c5c(c4[2H])C(C([2H])([2H])[2H])(C([2H])([2H])[2H])c4c([2H])c(-c6c([2H])c([2H])c([2H])c([2H])c6[2H])c([2H])c([2H])c4-5)c([2H])c(-c4c([2H])c([2H])c5c([2H])c([2H])c6c([2H])c([2H])c([2H])c7c([2H])c([2H])c4c5c67)c1[2H])C([2H])=C([2H])C2C([2H])=C3[2H]. The average Bonchev–Trinajstić information content (AvgIpc) is 1.59. The zero-order chi connectivity index (χ0) is 71.8. The highest BCUT2D eigenvalue weighted by Crippen LogP contribution is 2.53. The molecule has 0 bridgehead atoms. The first-order valence-electron chi connectivity index (χ1n) is 37.0. The molecule has 4 aliphatic rings. The molecule has 9 aromatic rings. The Morgan fingerprint density at radius 3 is 1.86 bits per heavy atom. The molecule has 9 aromatic carbocycles. The molecule has 59 heavy (non-hydrogen) atoms. The van der Waals surface area contributed by atoms with E-state index in [1.807, 2.05) is 0 Å². The Morgan fingerprint density at radius 1 is 0.458 bits per heavy atom. The van der Waals surface area contributed by atoms with E-state index in [1.54, 1.807) is 0 Å². The summed E-state index contributed by atoms with van der Waals surface area (Å²) in [5, 5.41) is -3.57. The van der Waals surface area contributed by atoms with Crippen LogP contribution in [0.2, 0.25) is 0 Å². The van der Waals surface area contributed by atoms with E-state index in [9.17, 15) is 34.3 Å². The van der Waals surface area contributed by atoms with Gasteiger partial charge in [-0.2, -0.15) is 0 Å². The normalized spacial score (nSPS) is 28.4. The third-order valence-electron chi connectivity index (χ3n) is 10.9. The monoisotopic (exact) mass is 787 g/mol. The van der Waals surface area contributed by atoms with Gasteiger partial charge in [0.1, 0.15) is 0 Å². The van der Waals surface area contributed by atoms with Crippen molar-refractivity contribution in [1.82, 2.24) is 0 Å². The highest BCUT2D eigenvalue weighted by atomic mass is 14.4. The molecule has 276 valence electrons. The molecule has 0 fully saturated rings. The molecule has 4 aliphatic carbocycles. The van der Waals surface area contributed by atoms with Gasteiger partial charge in [0.15, 0.2) is 0 Å². The Labute approximate surface area is 398 Å². The van der Waals surface area contributed by atoms with Gasteiger partial charge in [-0.25, -0.2) is 0 Å². The molecule has 0 nitrogen and oxygen atoms in total. The molecule has 0 amide bonds. The van der Waals surface area contributed by atoms with E-state index in [2.05, 4.69) is 0 Å². The minimum absolute atomic E-state index is 0.352. The molecule has 0 N–H and O–H groups in total. The standard InChI is InChI=1S/C59H40/c1-59(2)53-33-42(35-8-4-3-5-9-35)22-26-49(53)50-27-23-43(34-54(50)59)44-30-45(47-24-18-40-16-14-36-10-6-12-38-20-28-51(47)57(40)55(36)38)32-46(31-44)48-25-19-41-17-15-37-11-7-13-39-21-29-52(48)58(41)56(37)39/h3-34,40,57H,1-2H3/i1D3,2D3,3D,4D,5D,6D,7D,8D,9D,10D,11D,12D,13D,14D,15D,16D,17D,18D,19D,20D,21D,22D,23D,24D,25D,26D,27D,28D,29D,30D,31D,32D,33D,34D. The van der Waals surface area contributed by atoms with Gasteiger partial charge < -0.3 is 0 Å². The number of fused-ring (bicyclic) bond motifs is 3. The van der Waals surface area contributed by atoms with E-state index >= 15 is 0 Å². The Morgan fingerprint density at radius 2 is 1.08 bits per heavy atom. The summed E-state index contributed by atoms with van der Waals surface area (Å²) in [4.78, 5) is 0. The maximum atomic E-state index is 10.4. The second-order valence-corrected chi connectivity index (χ2v) is 14.1. The first-order valence-corrected chi connectivity index (χ1v) is 18.0. The van der Waals surface area contributed by atoms with E-state index in [0.717, 1.165) is 0 Å². The fourth-order valence-electron chi connectivity index (χ4n) is 8.19.